The number of furan rings is 1. The SMILES string of the molecule is Cc1ccccc1NC(=O)C(C)OC(=O)c1ccc(Br)o1. The monoisotopic (exact) mass is 351 g/mol. The number of para-hydroxylation sites is 1. The maximum absolute atomic E-state index is 12.0. The first-order valence-corrected chi connectivity index (χ1v) is 7.09. The molecule has 1 unspecified atom stereocenters. The van der Waals surface area contributed by atoms with E-state index in [1.54, 1.807) is 12.1 Å². The number of esters is 1. The summed E-state index contributed by atoms with van der Waals surface area (Å²) in [7, 11) is 0. The molecule has 1 N–H and O–H groups in total. The molecule has 1 amide bonds. The van der Waals surface area contributed by atoms with Gasteiger partial charge < -0.3 is 14.5 Å². The predicted molar refractivity (Wildman–Crippen MR) is 81.1 cm³/mol. The Morgan fingerprint density at radius 1 is 1.24 bits per heavy atom. The van der Waals surface area contributed by atoms with E-state index in [4.69, 9.17) is 9.15 Å². The van der Waals surface area contributed by atoms with Gasteiger partial charge in [0, 0.05) is 5.69 Å². The average Bonchev–Trinajstić information content (AvgIpc) is 2.88. The van der Waals surface area contributed by atoms with Crippen molar-refractivity contribution in [1.29, 1.82) is 0 Å². The average molecular weight is 352 g/mol. The molecule has 0 bridgehead atoms. The van der Waals surface area contributed by atoms with Crippen molar-refractivity contribution in [1.82, 2.24) is 0 Å². The van der Waals surface area contributed by atoms with E-state index < -0.39 is 18.0 Å². The number of nitrogens with one attached hydrogen (secondary N) is 1. The third-order valence-electron chi connectivity index (χ3n) is 2.83. The molecule has 0 spiro atoms. The lowest BCUT2D eigenvalue weighted by Crippen LogP contribution is -2.30. The number of anilines is 1. The molecule has 0 fully saturated rings. The summed E-state index contributed by atoms with van der Waals surface area (Å²) < 4.78 is 10.6. The zero-order valence-corrected chi connectivity index (χ0v) is 13.1. The van der Waals surface area contributed by atoms with Crippen molar-refractivity contribution >= 4 is 33.5 Å². The maximum Gasteiger partial charge on any atom is 0.375 e. The predicted octanol–water partition coefficient (Wildman–Crippen LogP) is 3.53. The van der Waals surface area contributed by atoms with Crippen molar-refractivity contribution < 1.29 is 18.7 Å². The zero-order valence-electron chi connectivity index (χ0n) is 11.6. The summed E-state index contributed by atoms with van der Waals surface area (Å²) in [5.74, 6) is -1.05. The molecule has 1 heterocycles. The second-order valence-electron chi connectivity index (χ2n) is 4.46. The van der Waals surface area contributed by atoms with Crippen LogP contribution in [0.25, 0.3) is 0 Å². The van der Waals surface area contributed by atoms with Crippen LogP contribution in [-0.2, 0) is 9.53 Å². The largest absolute Gasteiger partial charge is 0.447 e. The van der Waals surface area contributed by atoms with E-state index >= 15 is 0 Å². The van der Waals surface area contributed by atoms with Crippen LogP contribution in [0, 0.1) is 6.92 Å². The number of benzene rings is 1. The minimum Gasteiger partial charge on any atom is -0.447 e. The number of ether oxygens (including phenoxy) is 1. The van der Waals surface area contributed by atoms with Crippen LogP contribution in [0.1, 0.15) is 23.0 Å². The molecule has 5 nitrogen and oxygen atoms in total. The Labute approximate surface area is 130 Å². The minimum absolute atomic E-state index is 0.0393. The van der Waals surface area contributed by atoms with E-state index in [9.17, 15) is 9.59 Å². The van der Waals surface area contributed by atoms with E-state index in [1.165, 1.54) is 13.0 Å². The molecule has 0 aliphatic rings. The molecule has 110 valence electrons. The summed E-state index contributed by atoms with van der Waals surface area (Å²) in [6.07, 6.45) is -0.930. The number of hydrogen-bond donors (Lipinski definition) is 1. The molecule has 2 rings (SSSR count). The molecule has 0 aliphatic carbocycles. The molecule has 0 saturated heterocycles. The number of aryl methyl sites for hydroxylation is 1. The molecular formula is C15H14BrNO4. The Kier molecular flexibility index (Phi) is 4.80. The zero-order chi connectivity index (χ0) is 15.4. The minimum atomic E-state index is -0.930. The van der Waals surface area contributed by atoms with Gasteiger partial charge in [-0.2, -0.15) is 0 Å². The summed E-state index contributed by atoms with van der Waals surface area (Å²) in [4.78, 5) is 23.8. The van der Waals surface area contributed by atoms with Gasteiger partial charge in [-0.25, -0.2) is 4.79 Å². The van der Waals surface area contributed by atoms with Crippen LogP contribution in [0.5, 0.6) is 0 Å². The van der Waals surface area contributed by atoms with Gasteiger partial charge in [-0.1, -0.05) is 18.2 Å². The Hall–Kier alpha value is -2.08. The first kappa shape index (κ1) is 15.3. The van der Waals surface area contributed by atoms with Gasteiger partial charge in [0.2, 0.25) is 5.76 Å². The molecular weight excluding hydrogens is 338 g/mol. The lowest BCUT2D eigenvalue weighted by Gasteiger charge is -2.13. The number of halogens is 1. The molecule has 1 aromatic carbocycles. The van der Waals surface area contributed by atoms with Crippen molar-refractivity contribution in [2.24, 2.45) is 0 Å². The van der Waals surface area contributed by atoms with Crippen molar-refractivity contribution in [3.63, 3.8) is 0 Å². The molecule has 0 aliphatic heterocycles. The number of rotatable bonds is 4. The van der Waals surface area contributed by atoms with Gasteiger partial charge in [-0.3, -0.25) is 4.79 Å². The normalized spacial score (nSPS) is 11.8. The second kappa shape index (κ2) is 6.58. The van der Waals surface area contributed by atoms with Crippen molar-refractivity contribution in [2.45, 2.75) is 20.0 Å². The topological polar surface area (TPSA) is 68.5 Å². The van der Waals surface area contributed by atoms with Gasteiger partial charge in [-0.05, 0) is 53.5 Å². The van der Waals surface area contributed by atoms with Crippen LogP contribution in [0.4, 0.5) is 5.69 Å². The molecule has 1 atom stereocenters. The Bertz CT molecular complexity index is 665. The van der Waals surface area contributed by atoms with Crippen molar-refractivity contribution in [2.75, 3.05) is 5.32 Å². The summed E-state index contributed by atoms with van der Waals surface area (Å²) in [6.45, 7) is 3.39. The van der Waals surface area contributed by atoms with E-state index in [0.717, 1.165) is 5.56 Å². The molecule has 1 aromatic heterocycles. The van der Waals surface area contributed by atoms with E-state index in [0.29, 0.717) is 10.4 Å². The highest BCUT2D eigenvalue weighted by molar-refractivity contribution is 9.10. The summed E-state index contributed by atoms with van der Waals surface area (Å²) in [5, 5.41) is 2.72. The highest BCUT2D eigenvalue weighted by Crippen LogP contribution is 2.16. The molecule has 0 saturated carbocycles. The van der Waals surface area contributed by atoms with Crippen LogP contribution < -0.4 is 5.32 Å². The van der Waals surface area contributed by atoms with Gasteiger partial charge >= 0.3 is 5.97 Å². The fourth-order valence-corrected chi connectivity index (χ4v) is 1.95. The third-order valence-corrected chi connectivity index (χ3v) is 3.26. The number of carbonyl (C=O) groups is 2. The van der Waals surface area contributed by atoms with Gasteiger partial charge in [-0.15, -0.1) is 0 Å². The van der Waals surface area contributed by atoms with Gasteiger partial charge in [0.15, 0.2) is 10.8 Å². The summed E-state index contributed by atoms with van der Waals surface area (Å²) in [5.41, 5.74) is 1.62. The first-order chi connectivity index (χ1) is 9.97. The van der Waals surface area contributed by atoms with Gasteiger partial charge in [0.1, 0.15) is 0 Å². The maximum atomic E-state index is 12.0. The summed E-state index contributed by atoms with van der Waals surface area (Å²) in [6, 6.07) is 10.4. The lowest BCUT2D eigenvalue weighted by atomic mass is 10.2. The smallest absolute Gasteiger partial charge is 0.375 e. The first-order valence-electron chi connectivity index (χ1n) is 6.30. The Balaban J connectivity index is 1.97. The molecule has 2 aromatic rings. The fraction of sp³-hybridized carbons (Fsp3) is 0.200. The lowest BCUT2D eigenvalue weighted by molar-refractivity contribution is -0.123. The second-order valence-corrected chi connectivity index (χ2v) is 5.24. The quantitative estimate of drug-likeness (QED) is 0.855. The van der Waals surface area contributed by atoms with Crippen LogP contribution in [0.2, 0.25) is 0 Å². The van der Waals surface area contributed by atoms with Crippen LogP contribution in [0.15, 0.2) is 45.5 Å². The van der Waals surface area contributed by atoms with Crippen LogP contribution >= 0.6 is 15.9 Å². The Morgan fingerprint density at radius 3 is 2.57 bits per heavy atom. The third kappa shape index (κ3) is 3.95. The van der Waals surface area contributed by atoms with E-state index in [1.807, 2.05) is 25.1 Å². The standard InChI is InChI=1S/C15H14BrNO4/c1-9-5-3-4-6-11(9)17-14(18)10(2)20-15(19)12-7-8-13(16)21-12/h3-8,10H,1-2H3,(H,17,18). The number of carbonyl (C=O) groups excluding carboxylic acids is 2. The van der Waals surface area contributed by atoms with Gasteiger partial charge in [0.25, 0.3) is 5.91 Å². The van der Waals surface area contributed by atoms with Crippen LogP contribution in [-0.4, -0.2) is 18.0 Å². The highest BCUT2D eigenvalue weighted by Gasteiger charge is 2.21. The van der Waals surface area contributed by atoms with Crippen molar-refractivity contribution in [3.05, 3.63) is 52.4 Å². The fourth-order valence-electron chi connectivity index (χ4n) is 1.64. The number of hydrogen-bond acceptors (Lipinski definition) is 4. The highest BCUT2D eigenvalue weighted by atomic mass is 79.9. The molecule has 0 radical (unpaired) electrons. The van der Waals surface area contributed by atoms with Crippen molar-refractivity contribution in [3.8, 4) is 0 Å². The molecule has 21 heavy (non-hydrogen) atoms. The van der Waals surface area contributed by atoms with Crippen LogP contribution in [0.3, 0.4) is 0 Å². The Morgan fingerprint density at radius 2 is 1.95 bits per heavy atom. The molecule has 6 heteroatoms. The van der Waals surface area contributed by atoms with E-state index in [-0.39, 0.29) is 5.76 Å². The van der Waals surface area contributed by atoms with E-state index in [2.05, 4.69) is 21.2 Å². The number of amides is 1. The summed E-state index contributed by atoms with van der Waals surface area (Å²) >= 11 is 3.09. The van der Waals surface area contributed by atoms with Gasteiger partial charge in [0.05, 0.1) is 0 Å².